The summed E-state index contributed by atoms with van der Waals surface area (Å²) < 4.78 is 6.82. The predicted octanol–water partition coefficient (Wildman–Crippen LogP) is 3.02. The number of rotatable bonds is 5. The number of nitrogens with zero attached hydrogens (tertiary/aromatic N) is 4. The second-order valence-corrected chi connectivity index (χ2v) is 6.43. The molecule has 2 aromatic carbocycles. The molecule has 0 saturated heterocycles. The van der Waals surface area contributed by atoms with Crippen molar-refractivity contribution >= 4 is 11.8 Å². The molecule has 1 atom stereocenters. The third kappa shape index (κ3) is 3.76. The second kappa shape index (κ2) is 7.49. The first kappa shape index (κ1) is 18.4. The van der Waals surface area contributed by atoms with Crippen LogP contribution in [0.5, 0.6) is 0 Å². The minimum absolute atomic E-state index is 0.233. The van der Waals surface area contributed by atoms with Gasteiger partial charge in [0.1, 0.15) is 6.33 Å². The average Bonchev–Trinajstić information content (AvgIpc) is 3.18. The highest BCUT2D eigenvalue weighted by Crippen LogP contribution is 2.20. The van der Waals surface area contributed by atoms with Gasteiger partial charge in [0.05, 0.1) is 11.3 Å². The second-order valence-electron chi connectivity index (χ2n) is 6.43. The molecule has 0 spiro atoms. The van der Waals surface area contributed by atoms with Crippen molar-refractivity contribution in [3.05, 3.63) is 70.5 Å². The summed E-state index contributed by atoms with van der Waals surface area (Å²) in [5.41, 5.74) is 4.32. The molecule has 1 aromatic heterocycles. The summed E-state index contributed by atoms with van der Waals surface area (Å²) in [6.07, 6.45) is 0.472. The molecule has 0 radical (unpaired) electrons. The number of para-hydroxylation sites is 1. The molecule has 0 aliphatic rings. The maximum atomic E-state index is 12.8. The number of carbonyl (C=O) groups excluding carboxylic acids is 2. The fourth-order valence-corrected chi connectivity index (χ4v) is 2.84. The van der Waals surface area contributed by atoms with Crippen molar-refractivity contribution in [2.24, 2.45) is 0 Å². The Morgan fingerprint density at radius 1 is 1.00 bits per heavy atom. The van der Waals surface area contributed by atoms with Gasteiger partial charge in [-0.05, 0) is 73.0 Å². The summed E-state index contributed by atoms with van der Waals surface area (Å²) in [7, 11) is 0. The number of tetrazole rings is 1. The van der Waals surface area contributed by atoms with Gasteiger partial charge in [-0.25, -0.2) is 4.79 Å². The van der Waals surface area contributed by atoms with Crippen LogP contribution in [0.1, 0.15) is 44.3 Å². The van der Waals surface area contributed by atoms with Crippen molar-refractivity contribution in [3.63, 3.8) is 0 Å². The third-order valence-electron chi connectivity index (χ3n) is 4.48. The van der Waals surface area contributed by atoms with Gasteiger partial charge in [-0.1, -0.05) is 18.2 Å². The van der Waals surface area contributed by atoms with E-state index < -0.39 is 12.1 Å². The summed E-state index contributed by atoms with van der Waals surface area (Å²) in [5.74, 6) is -0.840. The molecule has 7 heteroatoms. The van der Waals surface area contributed by atoms with Crippen molar-refractivity contribution in [2.75, 3.05) is 0 Å². The quantitative estimate of drug-likeness (QED) is 0.511. The molecule has 0 unspecified atom stereocenters. The number of benzene rings is 2. The van der Waals surface area contributed by atoms with Crippen molar-refractivity contribution in [1.29, 1.82) is 0 Å². The van der Waals surface area contributed by atoms with E-state index in [0.29, 0.717) is 11.3 Å². The van der Waals surface area contributed by atoms with Gasteiger partial charge in [0.15, 0.2) is 6.10 Å². The van der Waals surface area contributed by atoms with E-state index in [1.165, 1.54) is 11.0 Å². The van der Waals surface area contributed by atoms with E-state index >= 15 is 0 Å². The van der Waals surface area contributed by atoms with Gasteiger partial charge >= 0.3 is 5.97 Å². The Morgan fingerprint density at radius 3 is 2.41 bits per heavy atom. The molecule has 3 rings (SSSR count). The number of Topliss-reactive ketones (excluding diaryl/α,β-unsaturated/α-hetero) is 1. The van der Waals surface area contributed by atoms with Crippen molar-refractivity contribution in [1.82, 2.24) is 20.2 Å². The normalized spacial score (nSPS) is 11.9. The highest BCUT2D eigenvalue weighted by molar-refractivity contribution is 6.03. The molecule has 0 N–H and O–H groups in total. The largest absolute Gasteiger partial charge is 0.451 e. The van der Waals surface area contributed by atoms with Gasteiger partial charge in [0.25, 0.3) is 0 Å². The van der Waals surface area contributed by atoms with Gasteiger partial charge in [0.2, 0.25) is 5.78 Å². The highest BCUT2D eigenvalue weighted by atomic mass is 16.5. The maximum Gasteiger partial charge on any atom is 0.341 e. The van der Waals surface area contributed by atoms with E-state index in [-0.39, 0.29) is 11.3 Å². The first-order valence-corrected chi connectivity index (χ1v) is 8.54. The zero-order valence-corrected chi connectivity index (χ0v) is 15.6. The van der Waals surface area contributed by atoms with Crippen LogP contribution in [0.4, 0.5) is 0 Å². The smallest absolute Gasteiger partial charge is 0.341 e. The van der Waals surface area contributed by atoms with Crippen LogP contribution in [-0.4, -0.2) is 38.1 Å². The summed E-state index contributed by atoms with van der Waals surface area (Å²) in [6, 6.07) is 10.6. The Bertz CT molecular complexity index is 996. The van der Waals surface area contributed by atoms with Crippen LogP contribution in [0.2, 0.25) is 0 Å². The SMILES string of the molecule is Cc1cc(C)c(C(=O)[C@@H](C)OC(=O)c2ccccc2-n2cnnn2)cc1C. The van der Waals surface area contributed by atoms with Crippen molar-refractivity contribution in [2.45, 2.75) is 33.8 Å². The van der Waals surface area contributed by atoms with Crippen molar-refractivity contribution in [3.8, 4) is 5.69 Å². The van der Waals surface area contributed by atoms with E-state index in [0.717, 1.165) is 16.7 Å². The zero-order valence-electron chi connectivity index (χ0n) is 15.6. The van der Waals surface area contributed by atoms with Gasteiger partial charge in [-0.2, -0.15) is 4.68 Å². The number of aryl methyl sites for hydroxylation is 3. The van der Waals surface area contributed by atoms with Crippen LogP contribution < -0.4 is 0 Å². The number of hydrogen-bond acceptors (Lipinski definition) is 6. The number of esters is 1. The molecule has 0 saturated carbocycles. The topological polar surface area (TPSA) is 87.0 Å². The monoisotopic (exact) mass is 364 g/mol. The van der Waals surface area contributed by atoms with Crippen LogP contribution in [0.15, 0.2) is 42.7 Å². The molecule has 7 nitrogen and oxygen atoms in total. The van der Waals surface area contributed by atoms with Crippen molar-refractivity contribution < 1.29 is 14.3 Å². The molecule has 0 bridgehead atoms. The molecule has 0 aliphatic carbocycles. The standard InChI is InChI=1S/C20H20N4O3/c1-12-9-14(3)17(10-13(12)2)19(25)15(4)27-20(26)16-7-5-6-8-18(16)24-11-21-22-23-24/h5-11,15H,1-4H3/t15-/m1/s1. The number of ketones is 1. The summed E-state index contributed by atoms with van der Waals surface area (Å²) in [5, 5.41) is 11.0. The van der Waals surface area contributed by atoms with E-state index in [9.17, 15) is 9.59 Å². The molecule has 138 valence electrons. The lowest BCUT2D eigenvalue weighted by Gasteiger charge is -2.16. The lowest BCUT2D eigenvalue weighted by Crippen LogP contribution is -2.26. The van der Waals surface area contributed by atoms with E-state index in [2.05, 4.69) is 15.5 Å². The fourth-order valence-electron chi connectivity index (χ4n) is 2.84. The van der Waals surface area contributed by atoms with Crippen LogP contribution in [0.3, 0.4) is 0 Å². The van der Waals surface area contributed by atoms with Gasteiger partial charge in [0, 0.05) is 5.56 Å². The first-order chi connectivity index (χ1) is 12.9. The third-order valence-corrected chi connectivity index (χ3v) is 4.48. The Labute approximate surface area is 157 Å². The van der Waals surface area contributed by atoms with Crippen LogP contribution >= 0.6 is 0 Å². The lowest BCUT2D eigenvalue weighted by atomic mass is 9.96. The first-order valence-electron chi connectivity index (χ1n) is 8.54. The Balaban J connectivity index is 1.83. The number of aromatic nitrogens is 4. The molecular formula is C20H20N4O3. The number of hydrogen-bond donors (Lipinski definition) is 0. The molecular weight excluding hydrogens is 344 g/mol. The van der Waals surface area contributed by atoms with E-state index in [1.54, 1.807) is 31.2 Å². The molecule has 27 heavy (non-hydrogen) atoms. The summed E-state index contributed by atoms with van der Waals surface area (Å²) in [4.78, 5) is 25.5. The van der Waals surface area contributed by atoms with Crippen LogP contribution in [0.25, 0.3) is 5.69 Å². The van der Waals surface area contributed by atoms with E-state index in [4.69, 9.17) is 4.74 Å². The molecule has 0 amide bonds. The Hall–Kier alpha value is -3.35. The average molecular weight is 364 g/mol. The number of ether oxygens (including phenoxy) is 1. The number of carbonyl (C=O) groups is 2. The summed E-state index contributed by atoms with van der Waals surface area (Å²) >= 11 is 0. The fraction of sp³-hybridized carbons (Fsp3) is 0.250. The predicted molar refractivity (Wildman–Crippen MR) is 99.0 cm³/mol. The highest BCUT2D eigenvalue weighted by Gasteiger charge is 2.24. The minimum atomic E-state index is -0.916. The molecule has 0 fully saturated rings. The molecule has 1 heterocycles. The van der Waals surface area contributed by atoms with E-state index in [1.807, 2.05) is 32.9 Å². The lowest BCUT2D eigenvalue weighted by molar-refractivity contribution is 0.0318. The summed E-state index contributed by atoms with van der Waals surface area (Å²) in [6.45, 7) is 7.40. The van der Waals surface area contributed by atoms with Gasteiger partial charge < -0.3 is 4.74 Å². The minimum Gasteiger partial charge on any atom is -0.451 e. The zero-order chi connectivity index (χ0) is 19.6. The van der Waals surface area contributed by atoms with Gasteiger partial charge in [-0.15, -0.1) is 5.10 Å². The Kier molecular flexibility index (Phi) is 5.12. The van der Waals surface area contributed by atoms with Gasteiger partial charge in [-0.3, -0.25) is 4.79 Å². The molecule has 3 aromatic rings. The Morgan fingerprint density at radius 2 is 1.70 bits per heavy atom. The van der Waals surface area contributed by atoms with Crippen LogP contribution in [0, 0.1) is 20.8 Å². The molecule has 0 aliphatic heterocycles. The van der Waals surface area contributed by atoms with Crippen LogP contribution in [-0.2, 0) is 4.74 Å². The maximum absolute atomic E-state index is 12.8.